The molecule has 1 saturated heterocycles. The second kappa shape index (κ2) is 6.08. The molecule has 0 aromatic rings. The van der Waals surface area contributed by atoms with Crippen LogP contribution in [0.3, 0.4) is 0 Å². The fraction of sp³-hybridized carbons (Fsp3) is 0.909. The molecule has 3 N–H and O–H groups in total. The van der Waals surface area contributed by atoms with Gasteiger partial charge in [0.1, 0.15) is 0 Å². The van der Waals surface area contributed by atoms with Crippen molar-refractivity contribution in [1.29, 1.82) is 0 Å². The van der Waals surface area contributed by atoms with Gasteiger partial charge in [-0.05, 0) is 32.9 Å². The summed E-state index contributed by atoms with van der Waals surface area (Å²) in [5.74, 6) is -0.212. The monoisotopic (exact) mass is 213 g/mol. The average Bonchev–Trinajstić information content (AvgIpc) is 2.19. The third-order valence-electron chi connectivity index (χ3n) is 3.17. The maximum Gasteiger partial charge on any atom is 0.234 e. The second-order valence-electron chi connectivity index (χ2n) is 4.41. The molecule has 4 heteroatoms. The van der Waals surface area contributed by atoms with Crippen molar-refractivity contribution in [3.63, 3.8) is 0 Å². The Labute approximate surface area is 92.2 Å². The number of amides is 1. The normalized spacial score (nSPS) is 24.1. The van der Waals surface area contributed by atoms with E-state index in [2.05, 4.69) is 10.2 Å². The SMILES string of the molecule is CCC(C(N)=O)N(C)CC1CCCCN1. The number of nitrogens with zero attached hydrogens (tertiary/aromatic N) is 1. The summed E-state index contributed by atoms with van der Waals surface area (Å²) in [5, 5.41) is 3.47. The van der Waals surface area contributed by atoms with Gasteiger partial charge in [0.25, 0.3) is 0 Å². The Hall–Kier alpha value is -0.610. The van der Waals surface area contributed by atoms with Crippen molar-refractivity contribution in [2.75, 3.05) is 20.1 Å². The molecule has 1 aliphatic rings. The van der Waals surface area contributed by atoms with Gasteiger partial charge in [-0.3, -0.25) is 9.69 Å². The highest BCUT2D eigenvalue weighted by molar-refractivity contribution is 5.79. The molecular formula is C11H23N3O. The van der Waals surface area contributed by atoms with Crippen molar-refractivity contribution in [3.05, 3.63) is 0 Å². The van der Waals surface area contributed by atoms with Crippen LogP contribution >= 0.6 is 0 Å². The van der Waals surface area contributed by atoms with Crippen LogP contribution in [0.5, 0.6) is 0 Å². The van der Waals surface area contributed by atoms with Crippen LogP contribution in [0.1, 0.15) is 32.6 Å². The average molecular weight is 213 g/mol. The van der Waals surface area contributed by atoms with Gasteiger partial charge < -0.3 is 11.1 Å². The Morgan fingerprint density at radius 2 is 2.33 bits per heavy atom. The Kier molecular flexibility index (Phi) is 5.05. The molecule has 0 spiro atoms. The largest absolute Gasteiger partial charge is 0.368 e. The minimum atomic E-state index is -0.212. The fourth-order valence-corrected chi connectivity index (χ4v) is 2.28. The Morgan fingerprint density at radius 1 is 1.60 bits per heavy atom. The molecule has 1 heterocycles. The Bertz CT molecular complexity index is 202. The summed E-state index contributed by atoms with van der Waals surface area (Å²) in [7, 11) is 1.98. The lowest BCUT2D eigenvalue weighted by Gasteiger charge is -2.31. The van der Waals surface area contributed by atoms with Crippen LogP contribution in [-0.2, 0) is 4.79 Å². The van der Waals surface area contributed by atoms with Crippen LogP contribution in [0.2, 0.25) is 0 Å². The van der Waals surface area contributed by atoms with Crippen LogP contribution in [-0.4, -0.2) is 43.0 Å². The lowest BCUT2D eigenvalue weighted by atomic mass is 10.0. The summed E-state index contributed by atoms with van der Waals surface area (Å²) in [6.45, 7) is 4.02. The minimum absolute atomic E-state index is 0.117. The van der Waals surface area contributed by atoms with E-state index < -0.39 is 0 Å². The molecule has 0 aromatic heterocycles. The van der Waals surface area contributed by atoms with Crippen molar-refractivity contribution in [1.82, 2.24) is 10.2 Å². The van der Waals surface area contributed by atoms with Gasteiger partial charge in [-0.2, -0.15) is 0 Å². The third-order valence-corrected chi connectivity index (χ3v) is 3.17. The van der Waals surface area contributed by atoms with E-state index in [9.17, 15) is 4.79 Å². The van der Waals surface area contributed by atoms with Gasteiger partial charge in [-0.15, -0.1) is 0 Å². The number of likely N-dealkylation sites (N-methyl/N-ethyl adjacent to an activating group) is 1. The zero-order valence-electron chi connectivity index (χ0n) is 9.83. The number of carbonyl (C=O) groups excluding carboxylic acids is 1. The first kappa shape index (κ1) is 12.5. The number of rotatable bonds is 5. The molecule has 1 aliphatic heterocycles. The summed E-state index contributed by atoms with van der Waals surface area (Å²) in [6.07, 6.45) is 4.56. The fourth-order valence-electron chi connectivity index (χ4n) is 2.28. The van der Waals surface area contributed by atoms with E-state index in [0.717, 1.165) is 19.5 Å². The first-order valence-corrected chi connectivity index (χ1v) is 5.88. The van der Waals surface area contributed by atoms with Crippen molar-refractivity contribution in [2.24, 2.45) is 5.73 Å². The van der Waals surface area contributed by atoms with Gasteiger partial charge in [-0.25, -0.2) is 0 Å². The van der Waals surface area contributed by atoms with Crippen LogP contribution in [0.4, 0.5) is 0 Å². The van der Waals surface area contributed by atoms with Crippen LogP contribution in [0, 0.1) is 0 Å². The zero-order valence-corrected chi connectivity index (χ0v) is 9.83. The second-order valence-corrected chi connectivity index (χ2v) is 4.41. The van der Waals surface area contributed by atoms with Crippen molar-refractivity contribution in [2.45, 2.75) is 44.7 Å². The highest BCUT2D eigenvalue weighted by Crippen LogP contribution is 2.10. The molecule has 2 unspecified atom stereocenters. The van der Waals surface area contributed by atoms with Crippen LogP contribution < -0.4 is 11.1 Å². The summed E-state index contributed by atoms with van der Waals surface area (Å²) in [5.41, 5.74) is 5.35. The van der Waals surface area contributed by atoms with Gasteiger partial charge in [0.05, 0.1) is 6.04 Å². The topological polar surface area (TPSA) is 58.4 Å². The van der Waals surface area contributed by atoms with Gasteiger partial charge >= 0.3 is 0 Å². The molecule has 1 rings (SSSR count). The molecule has 88 valence electrons. The summed E-state index contributed by atoms with van der Waals surface area (Å²) >= 11 is 0. The van der Waals surface area contributed by atoms with E-state index in [1.807, 2.05) is 14.0 Å². The first-order chi connectivity index (χ1) is 7.15. The van der Waals surface area contributed by atoms with Crippen molar-refractivity contribution >= 4 is 5.91 Å². The van der Waals surface area contributed by atoms with E-state index in [1.54, 1.807) is 0 Å². The van der Waals surface area contributed by atoms with Gasteiger partial charge in [0.2, 0.25) is 5.91 Å². The van der Waals surface area contributed by atoms with E-state index >= 15 is 0 Å². The summed E-state index contributed by atoms with van der Waals surface area (Å²) in [6, 6.07) is 0.408. The highest BCUT2D eigenvalue weighted by Gasteiger charge is 2.22. The van der Waals surface area contributed by atoms with Gasteiger partial charge in [-0.1, -0.05) is 13.3 Å². The predicted molar refractivity (Wildman–Crippen MR) is 61.5 cm³/mol. The number of carbonyl (C=O) groups is 1. The summed E-state index contributed by atoms with van der Waals surface area (Å²) in [4.78, 5) is 13.2. The number of piperidine rings is 1. The molecule has 2 atom stereocenters. The lowest BCUT2D eigenvalue weighted by molar-refractivity contribution is -0.123. The molecule has 1 fully saturated rings. The molecule has 1 amide bonds. The van der Waals surface area contributed by atoms with Crippen molar-refractivity contribution in [3.8, 4) is 0 Å². The standard InChI is InChI=1S/C11H23N3O/c1-3-10(11(12)15)14(2)8-9-6-4-5-7-13-9/h9-10,13H,3-8H2,1-2H3,(H2,12,15). The van der Waals surface area contributed by atoms with E-state index in [0.29, 0.717) is 6.04 Å². The summed E-state index contributed by atoms with van der Waals surface area (Å²) < 4.78 is 0. The molecule has 0 aliphatic carbocycles. The Morgan fingerprint density at radius 3 is 2.80 bits per heavy atom. The molecule has 15 heavy (non-hydrogen) atoms. The van der Waals surface area contributed by atoms with Crippen LogP contribution in [0.25, 0.3) is 0 Å². The van der Waals surface area contributed by atoms with Gasteiger partial charge in [0.15, 0.2) is 0 Å². The van der Waals surface area contributed by atoms with E-state index in [1.165, 1.54) is 19.3 Å². The minimum Gasteiger partial charge on any atom is -0.368 e. The van der Waals surface area contributed by atoms with E-state index in [-0.39, 0.29) is 11.9 Å². The molecule has 0 bridgehead atoms. The third kappa shape index (κ3) is 3.80. The lowest BCUT2D eigenvalue weighted by Crippen LogP contribution is -2.49. The van der Waals surface area contributed by atoms with E-state index in [4.69, 9.17) is 5.73 Å². The zero-order chi connectivity index (χ0) is 11.3. The van der Waals surface area contributed by atoms with Crippen LogP contribution in [0.15, 0.2) is 0 Å². The number of nitrogens with one attached hydrogen (secondary N) is 1. The maximum absolute atomic E-state index is 11.2. The number of hydrogen-bond acceptors (Lipinski definition) is 3. The van der Waals surface area contributed by atoms with Crippen molar-refractivity contribution < 1.29 is 4.79 Å². The maximum atomic E-state index is 11.2. The quantitative estimate of drug-likeness (QED) is 0.691. The molecule has 0 aromatic carbocycles. The Balaban J connectivity index is 2.38. The first-order valence-electron chi connectivity index (χ1n) is 5.88. The number of hydrogen-bond donors (Lipinski definition) is 2. The highest BCUT2D eigenvalue weighted by atomic mass is 16.1. The molecule has 0 radical (unpaired) electrons. The molecule has 0 saturated carbocycles. The smallest absolute Gasteiger partial charge is 0.234 e. The molecular weight excluding hydrogens is 190 g/mol. The number of nitrogens with two attached hydrogens (primary N) is 1. The number of primary amides is 1. The van der Waals surface area contributed by atoms with Gasteiger partial charge in [0, 0.05) is 12.6 Å². The predicted octanol–water partition coefficient (Wildman–Crippen LogP) is 0.324. The molecule has 4 nitrogen and oxygen atoms in total.